The summed E-state index contributed by atoms with van der Waals surface area (Å²) >= 11 is 0. The normalized spacial score (nSPS) is 12.2. The van der Waals surface area contributed by atoms with E-state index in [-0.39, 0.29) is 0 Å². The third-order valence-electron chi connectivity index (χ3n) is 3.50. The third-order valence-corrected chi connectivity index (χ3v) is 3.50. The first kappa shape index (κ1) is 22.1. The van der Waals surface area contributed by atoms with Gasteiger partial charge in [-0.3, -0.25) is 4.99 Å². The van der Waals surface area contributed by atoms with E-state index in [0.29, 0.717) is 25.9 Å². The summed E-state index contributed by atoms with van der Waals surface area (Å²) in [6.07, 6.45) is 2.29. The Bertz CT molecular complexity index is 286. The van der Waals surface area contributed by atoms with Crippen molar-refractivity contribution in [2.24, 2.45) is 4.99 Å². The third kappa shape index (κ3) is 14.5. The zero-order chi connectivity index (χ0) is 17.3. The van der Waals surface area contributed by atoms with Crippen LogP contribution in [-0.4, -0.2) is 76.6 Å². The second kappa shape index (κ2) is 16.0. The summed E-state index contributed by atoms with van der Waals surface area (Å²) in [5.41, 5.74) is 0. The predicted molar refractivity (Wildman–Crippen MR) is 98.3 cm³/mol. The van der Waals surface area contributed by atoms with Gasteiger partial charge >= 0.3 is 0 Å². The minimum absolute atomic E-state index is 0.550. The Morgan fingerprint density at radius 2 is 1.74 bits per heavy atom. The molecule has 0 spiro atoms. The molecule has 0 unspecified atom stereocenters. The van der Waals surface area contributed by atoms with Gasteiger partial charge in [-0.1, -0.05) is 13.3 Å². The SMILES string of the molecule is CCCCOCCOCCNC(=NCCN(C)C(C)C)NCC. The molecule has 0 aliphatic carbocycles. The fourth-order valence-corrected chi connectivity index (χ4v) is 1.73. The van der Waals surface area contributed by atoms with Gasteiger partial charge in [-0.05, 0) is 34.2 Å². The van der Waals surface area contributed by atoms with E-state index < -0.39 is 0 Å². The number of rotatable bonds is 14. The van der Waals surface area contributed by atoms with Crippen molar-refractivity contribution in [3.8, 4) is 0 Å². The van der Waals surface area contributed by atoms with Crippen LogP contribution in [0.1, 0.15) is 40.5 Å². The molecular weight excluding hydrogens is 292 g/mol. The highest BCUT2D eigenvalue weighted by molar-refractivity contribution is 5.79. The second-order valence-corrected chi connectivity index (χ2v) is 5.84. The van der Waals surface area contributed by atoms with Crippen molar-refractivity contribution in [2.75, 3.05) is 59.7 Å². The molecule has 0 rings (SSSR count). The Morgan fingerprint density at radius 3 is 2.35 bits per heavy atom. The van der Waals surface area contributed by atoms with Crippen LogP contribution in [0.2, 0.25) is 0 Å². The van der Waals surface area contributed by atoms with Crippen LogP contribution >= 0.6 is 0 Å². The fraction of sp³-hybridized carbons (Fsp3) is 0.941. The van der Waals surface area contributed by atoms with Gasteiger partial charge in [0.15, 0.2) is 5.96 Å². The molecule has 0 aliphatic heterocycles. The summed E-state index contributed by atoms with van der Waals surface area (Å²) in [7, 11) is 2.12. The predicted octanol–water partition coefficient (Wildman–Crippen LogP) is 1.72. The van der Waals surface area contributed by atoms with Gasteiger partial charge in [0.05, 0.1) is 26.4 Å². The van der Waals surface area contributed by atoms with Crippen LogP contribution in [0, 0.1) is 0 Å². The molecule has 0 heterocycles. The van der Waals surface area contributed by atoms with Crippen LogP contribution in [0.3, 0.4) is 0 Å². The topological polar surface area (TPSA) is 58.1 Å². The summed E-state index contributed by atoms with van der Waals surface area (Å²) in [5.74, 6) is 0.854. The van der Waals surface area contributed by atoms with Crippen molar-refractivity contribution in [2.45, 2.75) is 46.6 Å². The average molecular weight is 331 g/mol. The molecule has 0 saturated carbocycles. The molecule has 0 aromatic heterocycles. The van der Waals surface area contributed by atoms with E-state index in [1.165, 1.54) is 6.42 Å². The molecular formula is C17H38N4O2. The zero-order valence-corrected chi connectivity index (χ0v) is 15.9. The highest BCUT2D eigenvalue weighted by Crippen LogP contribution is 1.92. The monoisotopic (exact) mass is 330 g/mol. The molecule has 23 heavy (non-hydrogen) atoms. The smallest absolute Gasteiger partial charge is 0.191 e. The van der Waals surface area contributed by atoms with E-state index >= 15 is 0 Å². The van der Waals surface area contributed by atoms with Crippen molar-refractivity contribution < 1.29 is 9.47 Å². The quantitative estimate of drug-likeness (QED) is 0.288. The Labute approximate surface area is 143 Å². The number of likely N-dealkylation sites (N-methyl/N-ethyl adjacent to an activating group) is 1. The van der Waals surface area contributed by atoms with Crippen molar-refractivity contribution in [3.05, 3.63) is 0 Å². The molecule has 138 valence electrons. The van der Waals surface area contributed by atoms with E-state index in [1.54, 1.807) is 0 Å². The minimum atomic E-state index is 0.550. The molecule has 0 fully saturated rings. The number of hydrogen-bond donors (Lipinski definition) is 2. The maximum atomic E-state index is 5.54. The molecule has 0 amide bonds. The lowest BCUT2D eigenvalue weighted by Crippen LogP contribution is -2.39. The number of ether oxygens (including phenoxy) is 2. The fourth-order valence-electron chi connectivity index (χ4n) is 1.73. The minimum Gasteiger partial charge on any atom is -0.379 e. The van der Waals surface area contributed by atoms with Crippen LogP contribution in [-0.2, 0) is 9.47 Å². The molecule has 6 heteroatoms. The van der Waals surface area contributed by atoms with Gasteiger partial charge in [-0.2, -0.15) is 0 Å². The van der Waals surface area contributed by atoms with Crippen LogP contribution in [0.25, 0.3) is 0 Å². The van der Waals surface area contributed by atoms with Gasteiger partial charge in [0.2, 0.25) is 0 Å². The van der Waals surface area contributed by atoms with E-state index in [1.807, 2.05) is 0 Å². The molecule has 0 radical (unpaired) electrons. The van der Waals surface area contributed by atoms with Gasteiger partial charge in [-0.15, -0.1) is 0 Å². The summed E-state index contributed by atoms with van der Waals surface area (Å²) in [5, 5.41) is 6.54. The average Bonchev–Trinajstić information content (AvgIpc) is 2.52. The Kier molecular flexibility index (Phi) is 15.4. The maximum absolute atomic E-state index is 5.54. The van der Waals surface area contributed by atoms with E-state index in [0.717, 1.165) is 45.2 Å². The number of nitrogens with one attached hydrogen (secondary N) is 2. The number of hydrogen-bond acceptors (Lipinski definition) is 4. The zero-order valence-electron chi connectivity index (χ0n) is 15.9. The molecule has 0 aromatic rings. The Morgan fingerprint density at radius 1 is 1.04 bits per heavy atom. The second-order valence-electron chi connectivity index (χ2n) is 5.84. The molecule has 0 aromatic carbocycles. The van der Waals surface area contributed by atoms with Crippen LogP contribution in [0.4, 0.5) is 0 Å². The van der Waals surface area contributed by atoms with Crippen molar-refractivity contribution in [1.29, 1.82) is 0 Å². The van der Waals surface area contributed by atoms with Gasteiger partial charge in [0.25, 0.3) is 0 Å². The summed E-state index contributed by atoms with van der Waals surface area (Å²) in [6.45, 7) is 14.8. The number of aliphatic imine (C=N–C) groups is 1. The van der Waals surface area contributed by atoms with Crippen LogP contribution in [0.5, 0.6) is 0 Å². The molecule has 0 bridgehead atoms. The largest absolute Gasteiger partial charge is 0.379 e. The lowest BCUT2D eigenvalue weighted by Gasteiger charge is -2.20. The molecule has 0 atom stereocenters. The molecule has 0 aliphatic rings. The molecule has 6 nitrogen and oxygen atoms in total. The van der Waals surface area contributed by atoms with Crippen LogP contribution in [0.15, 0.2) is 4.99 Å². The molecule has 2 N–H and O–H groups in total. The Balaban J connectivity index is 3.71. The van der Waals surface area contributed by atoms with Crippen LogP contribution < -0.4 is 10.6 Å². The van der Waals surface area contributed by atoms with E-state index in [2.05, 4.69) is 55.3 Å². The summed E-state index contributed by atoms with van der Waals surface area (Å²) < 4.78 is 11.0. The van der Waals surface area contributed by atoms with Crippen molar-refractivity contribution in [3.63, 3.8) is 0 Å². The van der Waals surface area contributed by atoms with Gasteiger partial charge in [0.1, 0.15) is 0 Å². The van der Waals surface area contributed by atoms with E-state index in [9.17, 15) is 0 Å². The standard InChI is InChI=1S/C17H38N4O2/c1-6-8-12-22-14-15-23-13-10-20-17(18-7-2)19-9-11-21(5)16(3)4/h16H,6-15H2,1-5H3,(H2,18,19,20). The lowest BCUT2D eigenvalue weighted by molar-refractivity contribution is 0.0487. The van der Waals surface area contributed by atoms with E-state index in [4.69, 9.17) is 9.47 Å². The summed E-state index contributed by atoms with van der Waals surface area (Å²) in [6, 6.07) is 0.550. The first-order valence-corrected chi connectivity index (χ1v) is 8.99. The van der Waals surface area contributed by atoms with Crippen molar-refractivity contribution in [1.82, 2.24) is 15.5 Å². The Hall–Kier alpha value is -0.850. The van der Waals surface area contributed by atoms with Gasteiger partial charge < -0.3 is 25.0 Å². The molecule has 0 saturated heterocycles. The lowest BCUT2D eigenvalue weighted by atomic mass is 10.3. The summed E-state index contributed by atoms with van der Waals surface area (Å²) in [4.78, 5) is 6.86. The number of guanidine groups is 1. The highest BCUT2D eigenvalue weighted by Gasteiger charge is 2.02. The number of nitrogens with zero attached hydrogens (tertiary/aromatic N) is 2. The highest BCUT2D eigenvalue weighted by atomic mass is 16.5. The number of unbranched alkanes of at least 4 members (excludes halogenated alkanes) is 1. The van der Waals surface area contributed by atoms with Crippen molar-refractivity contribution >= 4 is 5.96 Å². The van der Waals surface area contributed by atoms with Gasteiger partial charge in [-0.25, -0.2) is 0 Å². The van der Waals surface area contributed by atoms with Gasteiger partial charge in [0, 0.05) is 32.3 Å². The first-order chi connectivity index (χ1) is 11.1. The first-order valence-electron chi connectivity index (χ1n) is 8.99. The maximum Gasteiger partial charge on any atom is 0.191 e.